The zero-order valence-corrected chi connectivity index (χ0v) is 13.1. The molecule has 1 amide bonds. The van der Waals surface area contributed by atoms with E-state index >= 15 is 0 Å². The Hall–Kier alpha value is -2.08. The van der Waals surface area contributed by atoms with Crippen molar-refractivity contribution in [3.63, 3.8) is 0 Å². The van der Waals surface area contributed by atoms with Crippen LogP contribution in [0.5, 0.6) is 11.5 Å². The monoisotopic (exact) mass is 316 g/mol. The number of fused-ring (bicyclic) bond motifs is 1. The first-order chi connectivity index (χ1) is 10.7. The molecule has 1 saturated carbocycles. The fourth-order valence-electron chi connectivity index (χ4n) is 2.51. The SMILES string of the molecule is Cc1csc(N(C(=O)c2ccc3c(c2)OCCO3)C2CC2)n1. The molecule has 2 aromatic rings. The molecule has 1 aliphatic heterocycles. The van der Waals surface area contributed by atoms with Gasteiger partial charge in [0.2, 0.25) is 0 Å². The van der Waals surface area contributed by atoms with Gasteiger partial charge in [-0.25, -0.2) is 4.98 Å². The van der Waals surface area contributed by atoms with Crippen LogP contribution in [0.25, 0.3) is 0 Å². The van der Waals surface area contributed by atoms with E-state index in [0.29, 0.717) is 30.3 Å². The van der Waals surface area contributed by atoms with Gasteiger partial charge in [-0.05, 0) is 38.0 Å². The molecule has 0 saturated heterocycles. The van der Waals surface area contributed by atoms with Crippen molar-refractivity contribution < 1.29 is 14.3 Å². The summed E-state index contributed by atoms with van der Waals surface area (Å²) >= 11 is 1.52. The Balaban J connectivity index is 1.67. The molecule has 0 unspecified atom stereocenters. The second kappa shape index (κ2) is 5.28. The van der Waals surface area contributed by atoms with Crippen LogP contribution in [-0.2, 0) is 0 Å². The van der Waals surface area contributed by atoms with E-state index in [0.717, 1.165) is 23.7 Å². The smallest absolute Gasteiger partial charge is 0.260 e. The van der Waals surface area contributed by atoms with Crippen molar-refractivity contribution in [3.05, 3.63) is 34.8 Å². The number of nitrogens with zero attached hydrogens (tertiary/aromatic N) is 2. The van der Waals surface area contributed by atoms with Crippen molar-refractivity contribution in [2.24, 2.45) is 0 Å². The molecule has 5 nitrogen and oxygen atoms in total. The summed E-state index contributed by atoms with van der Waals surface area (Å²) in [4.78, 5) is 19.2. The first-order valence-corrected chi connectivity index (χ1v) is 8.26. The number of rotatable bonds is 3. The van der Waals surface area contributed by atoms with Gasteiger partial charge in [-0.2, -0.15) is 0 Å². The van der Waals surface area contributed by atoms with E-state index < -0.39 is 0 Å². The predicted molar refractivity (Wildman–Crippen MR) is 84.1 cm³/mol. The normalized spacial score (nSPS) is 16.4. The Morgan fingerprint density at radius 2 is 2.05 bits per heavy atom. The maximum absolute atomic E-state index is 12.9. The highest BCUT2D eigenvalue weighted by Gasteiger charge is 2.36. The Bertz CT molecular complexity index is 724. The summed E-state index contributed by atoms with van der Waals surface area (Å²) in [6.07, 6.45) is 2.07. The van der Waals surface area contributed by atoms with Crippen molar-refractivity contribution in [1.29, 1.82) is 0 Å². The van der Waals surface area contributed by atoms with Crippen LogP contribution in [0.15, 0.2) is 23.6 Å². The van der Waals surface area contributed by atoms with Crippen molar-refractivity contribution >= 4 is 22.4 Å². The van der Waals surface area contributed by atoms with Gasteiger partial charge in [0, 0.05) is 17.0 Å². The van der Waals surface area contributed by atoms with Gasteiger partial charge >= 0.3 is 0 Å². The quantitative estimate of drug-likeness (QED) is 0.873. The average Bonchev–Trinajstić information content (AvgIpc) is 3.28. The van der Waals surface area contributed by atoms with Gasteiger partial charge in [0.25, 0.3) is 5.91 Å². The fraction of sp³-hybridized carbons (Fsp3) is 0.375. The fourth-order valence-corrected chi connectivity index (χ4v) is 3.38. The summed E-state index contributed by atoms with van der Waals surface area (Å²) in [5, 5.41) is 2.75. The highest BCUT2D eigenvalue weighted by Crippen LogP contribution is 2.36. The molecule has 22 heavy (non-hydrogen) atoms. The predicted octanol–water partition coefficient (Wildman–Crippen LogP) is 3.03. The van der Waals surface area contributed by atoms with E-state index in [1.165, 1.54) is 11.3 Å². The number of hydrogen-bond donors (Lipinski definition) is 0. The minimum absolute atomic E-state index is 0.0196. The molecule has 114 valence electrons. The van der Waals surface area contributed by atoms with Crippen LogP contribution in [0.1, 0.15) is 28.9 Å². The molecule has 1 fully saturated rings. The van der Waals surface area contributed by atoms with Gasteiger partial charge in [0.05, 0.1) is 5.69 Å². The van der Waals surface area contributed by atoms with Gasteiger partial charge in [-0.1, -0.05) is 0 Å². The minimum Gasteiger partial charge on any atom is -0.486 e. The van der Waals surface area contributed by atoms with Crippen LogP contribution in [0.2, 0.25) is 0 Å². The number of aryl methyl sites for hydroxylation is 1. The summed E-state index contributed by atoms with van der Waals surface area (Å²) in [7, 11) is 0. The molecule has 1 aromatic heterocycles. The number of thiazole rings is 1. The first kappa shape index (κ1) is 13.6. The lowest BCUT2D eigenvalue weighted by molar-refractivity contribution is 0.0984. The van der Waals surface area contributed by atoms with Crippen LogP contribution in [-0.4, -0.2) is 30.1 Å². The highest BCUT2D eigenvalue weighted by atomic mass is 32.1. The van der Waals surface area contributed by atoms with Gasteiger partial charge in [-0.15, -0.1) is 11.3 Å². The zero-order chi connectivity index (χ0) is 15.1. The van der Waals surface area contributed by atoms with Crippen LogP contribution in [0, 0.1) is 6.92 Å². The summed E-state index contributed by atoms with van der Waals surface area (Å²) < 4.78 is 11.1. The molecule has 6 heteroatoms. The molecular weight excluding hydrogens is 300 g/mol. The minimum atomic E-state index is -0.0196. The second-order valence-electron chi connectivity index (χ2n) is 5.54. The molecule has 0 atom stereocenters. The van der Waals surface area contributed by atoms with Gasteiger partial charge < -0.3 is 9.47 Å². The lowest BCUT2D eigenvalue weighted by Crippen LogP contribution is -2.33. The topological polar surface area (TPSA) is 51.7 Å². The molecule has 1 aliphatic carbocycles. The number of anilines is 1. The first-order valence-electron chi connectivity index (χ1n) is 7.38. The number of amides is 1. The molecule has 2 heterocycles. The van der Waals surface area contributed by atoms with Crippen LogP contribution >= 0.6 is 11.3 Å². The van der Waals surface area contributed by atoms with E-state index in [2.05, 4.69) is 4.98 Å². The third-order valence-corrected chi connectivity index (χ3v) is 4.69. The largest absolute Gasteiger partial charge is 0.486 e. The number of benzene rings is 1. The summed E-state index contributed by atoms with van der Waals surface area (Å²) in [6, 6.07) is 5.64. The van der Waals surface area contributed by atoms with Crippen molar-refractivity contribution in [1.82, 2.24) is 4.98 Å². The van der Waals surface area contributed by atoms with Crippen LogP contribution in [0.4, 0.5) is 5.13 Å². The summed E-state index contributed by atoms with van der Waals surface area (Å²) in [5.74, 6) is 1.32. The molecule has 2 aliphatic rings. The molecule has 0 bridgehead atoms. The number of carbonyl (C=O) groups excluding carboxylic acids is 1. The average molecular weight is 316 g/mol. The molecule has 0 radical (unpaired) electrons. The third kappa shape index (κ3) is 2.43. The second-order valence-corrected chi connectivity index (χ2v) is 6.37. The van der Waals surface area contributed by atoms with Gasteiger partial charge in [0.1, 0.15) is 13.2 Å². The molecule has 0 spiro atoms. The third-order valence-electron chi connectivity index (χ3n) is 3.73. The van der Waals surface area contributed by atoms with E-state index in [4.69, 9.17) is 9.47 Å². The van der Waals surface area contributed by atoms with E-state index in [9.17, 15) is 4.79 Å². The highest BCUT2D eigenvalue weighted by molar-refractivity contribution is 7.14. The lowest BCUT2D eigenvalue weighted by atomic mass is 10.1. The van der Waals surface area contributed by atoms with Crippen molar-refractivity contribution in [2.75, 3.05) is 18.1 Å². The molecule has 1 aromatic carbocycles. The van der Waals surface area contributed by atoms with E-state index in [-0.39, 0.29) is 11.9 Å². The lowest BCUT2D eigenvalue weighted by Gasteiger charge is -2.22. The Morgan fingerprint density at radius 3 is 2.73 bits per heavy atom. The van der Waals surface area contributed by atoms with Crippen molar-refractivity contribution in [3.8, 4) is 11.5 Å². The number of aromatic nitrogens is 1. The molecule has 0 N–H and O–H groups in total. The molecular formula is C16H16N2O3S. The van der Waals surface area contributed by atoms with Gasteiger partial charge in [-0.3, -0.25) is 9.69 Å². The van der Waals surface area contributed by atoms with Crippen molar-refractivity contribution in [2.45, 2.75) is 25.8 Å². The maximum atomic E-state index is 12.9. The number of ether oxygens (including phenoxy) is 2. The van der Waals surface area contributed by atoms with Gasteiger partial charge in [0.15, 0.2) is 16.6 Å². The van der Waals surface area contributed by atoms with Crippen LogP contribution < -0.4 is 14.4 Å². The molecule has 4 rings (SSSR count). The van der Waals surface area contributed by atoms with Crippen LogP contribution in [0.3, 0.4) is 0 Å². The maximum Gasteiger partial charge on any atom is 0.260 e. The Kier molecular flexibility index (Phi) is 3.26. The summed E-state index contributed by atoms with van der Waals surface area (Å²) in [6.45, 7) is 3.01. The number of hydrogen-bond acceptors (Lipinski definition) is 5. The number of carbonyl (C=O) groups is 1. The standard InChI is InChI=1S/C16H16N2O3S/c1-10-9-22-16(17-10)18(12-3-4-12)15(19)11-2-5-13-14(8-11)21-7-6-20-13/h2,5,8-9,12H,3-4,6-7H2,1H3. The Labute approximate surface area is 132 Å². The van der Waals surface area contributed by atoms with E-state index in [1.54, 1.807) is 18.2 Å². The van der Waals surface area contributed by atoms with E-state index in [1.807, 2.05) is 17.2 Å². The zero-order valence-electron chi connectivity index (χ0n) is 12.2. The Morgan fingerprint density at radius 1 is 1.27 bits per heavy atom. The summed E-state index contributed by atoms with van der Waals surface area (Å²) in [5.41, 5.74) is 1.56.